The van der Waals surface area contributed by atoms with E-state index in [4.69, 9.17) is 0 Å². The minimum absolute atomic E-state index is 0.0334. The van der Waals surface area contributed by atoms with E-state index >= 15 is 0 Å². The van der Waals surface area contributed by atoms with E-state index in [-0.39, 0.29) is 23.7 Å². The molecule has 0 radical (unpaired) electrons. The lowest BCUT2D eigenvalue weighted by Crippen LogP contribution is -2.36. The monoisotopic (exact) mass is 372 g/mol. The van der Waals surface area contributed by atoms with Gasteiger partial charge in [0.2, 0.25) is 0 Å². The van der Waals surface area contributed by atoms with Crippen molar-refractivity contribution >= 4 is 11.6 Å². The fourth-order valence-electron chi connectivity index (χ4n) is 3.18. The molecule has 1 amide bonds. The molecule has 0 saturated carbocycles. The average Bonchev–Trinajstić information content (AvgIpc) is 3.16. The van der Waals surface area contributed by atoms with Crippen molar-refractivity contribution in [1.29, 1.82) is 0 Å². The van der Waals surface area contributed by atoms with Gasteiger partial charge in [-0.1, -0.05) is 17.3 Å². The fourth-order valence-corrected chi connectivity index (χ4v) is 3.18. The number of hydrogen-bond donors (Lipinski definition) is 1. The van der Waals surface area contributed by atoms with E-state index < -0.39 is 4.92 Å². The number of amides is 1. The highest BCUT2D eigenvalue weighted by atomic mass is 16.6. The molecule has 0 unspecified atom stereocenters. The second-order valence-corrected chi connectivity index (χ2v) is 7.02. The lowest BCUT2D eigenvalue weighted by atomic mass is 10.1. The molecule has 3 rings (SSSR count). The second-order valence-electron chi connectivity index (χ2n) is 7.02. The number of carbonyl (C=O) groups excluding carboxylic acids is 1. The van der Waals surface area contributed by atoms with Crippen molar-refractivity contribution in [2.75, 3.05) is 13.1 Å². The predicted octanol–water partition coefficient (Wildman–Crippen LogP) is 2.16. The van der Waals surface area contributed by atoms with Gasteiger partial charge in [-0.25, -0.2) is 4.68 Å². The van der Waals surface area contributed by atoms with Crippen LogP contribution in [0.4, 0.5) is 5.69 Å². The molecule has 0 bridgehead atoms. The van der Waals surface area contributed by atoms with Crippen LogP contribution >= 0.6 is 0 Å². The van der Waals surface area contributed by atoms with Crippen LogP contribution in [0.25, 0.3) is 0 Å². The summed E-state index contributed by atoms with van der Waals surface area (Å²) in [7, 11) is 0. The Morgan fingerprint density at radius 3 is 2.59 bits per heavy atom. The van der Waals surface area contributed by atoms with Crippen molar-refractivity contribution in [2.45, 2.75) is 45.3 Å². The zero-order valence-corrected chi connectivity index (χ0v) is 15.5. The molecular formula is C18H24N6O3. The standard InChI is InChI=1S/C18H24N6O3/c1-13(2)22(11-14-3-5-16(6-4-14)24(26)27)18(25)17-12-23(21-20-17)15-7-9-19-10-8-15/h3-6,12-13,15,19H,7-11H2,1-2H3. The molecule has 1 saturated heterocycles. The van der Waals surface area contributed by atoms with Gasteiger partial charge in [0.15, 0.2) is 5.69 Å². The van der Waals surface area contributed by atoms with Crippen LogP contribution in [0.5, 0.6) is 0 Å². The van der Waals surface area contributed by atoms with Crippen molar-refractivity contribution in [3.8, 4) is 0 Å². The maximum atomic E-state index is 13.0. The fraction of sp³-hybridized carbons (Fsp3) is 0.500. The normalized spacial score (nSPS) is 15.1. The van der Waals surface area contributed by atoms with Gasteiger partial charge in [0.25, 0.3) is 11.6 Å². The Morgan fingerprint density at radius 1 is 1.33 bits per heavy atom. The lowest BCUT2D eigenvalue weighted by molar-refractivity contribution is -0.384. The van der Waals surface area contributed by atoms with Crippen molar-refractivity contribution in [3.05, 3.63) is 51.8 Å². The molecule has 1 aromatic carbocycles. The topological polar surface area (TPSA) is 106 Å². The quantitative estimate of drug-likeness (QED) is 0.615. The molecule has 27 heavy (non-hydrogen) atoms. The first-order chi connectivity index (χ1) is 13.0. The van der Waals surface area contributed by atoms with Crippen LogP contribution in [0, 0.1) is 10.1 Å². The Hall–Kier alpha value is -2.81. The Labute approximate surface area is 157 Å². The number of nitro groups is 1. The average molecular weight is 372 g/mol. The Bertz CT molecular complexity index is 796. The molecule has 144 valence electrons. The SMILES string of the molecule is CC(C)N(Cc1ccc([N+](=O)[O-])cc1)C(=O)c1cn(C2CCNCC2)nn1. The Morgan fingerprint density at radius 2 is 2.00 bits per heavy atom. The third kappa shape index (κ3) is 4.48. The summed E-state index contributed by atoms with van der Waals surface area (Å²) in [6, 6.07) is 6.47. The predicted molar refractivity (Wildman–Crippen MR) is 99.3 cm³/mol. The van der Waals surface area contributed by atoms with E-state index in [9.17, 15) is 14.9 Å². The first kappa shape index (κ1) is 19.0. The number of piperidine rings is 1. The van der Waals surface area contributed by atoms with E-state index in [0.29, 0.717) is 12.2 Å². The van der Waals surface area contributed by atoms with Crippen molar-refractivity contribution in [1.82, 2.24) is 25.2 Å². The van der Waals surface area contributed by atoms with E-state index in [0.717, 1.165) is 31.5 Å². The molecule has 1 aliphatic heterocycles. The van der Waals surface area contributed by atoms with Gasteiger partial charge in [-0.15, -0.1) is 5.10 Å². The molecule has 1 fully saturated rings. The number of aromatic nitrogens is 3. The summed E-state index contributed by atoms with van der Waals surface area (Å²) in [5.74, 6) is -0.191. The molecule has 0 aliphatic carbocycles. The van der Waals surface area contributed by atoms with Crippen LogP contribution in [0.2, 0.25) is 0 Å². The molecule has 1 N–H and O–H groups in total. The number of nitrogens with one attached hydrogen (secondary N) is 1. The van der Waals surface area contributed by atoms with Gasteiger partial charge >= 0.3 is 0 Å². The van der Waals surface area contributed by atoms with Crippen LogP contribution in [-0.2, 0) is 6.54 Å². The number of hydrogen-bond acceptors (Lipinski definition) is 6. The summed E-state index contributed by atoms with van der Waals surface area (Å²) in [4.78, 5) is 25.0. The smallest absolute Gasteiger partial charge is 0.276 e. The maximum absolute atomic E-state index is 13.0. The van der Waals surface area contributed by atoms with Gasteiger partial charge in [-0.3, -0.25) is 14.9 Å². The molecular weight excluding hydrogens is 348 g/mol. The number of non-ortho nitro benzene ring substituents is 1. The molecule has 0 atom stereocenters. The molecule has 2 heterocycles. The maximum Gasteiger partial charge on any atom is 0.276 e. The van der Waals surface area contributed by atoms with Gasteiger partial charge < -0.3 is 10.2 Å². The number of carbonyl (C=O) groups is 1. The molecule has 9 heteroatoms. The highest BCUT2D eigenvalue weighted by Crippen LogP contribution is 2.19. The highest BCUT2D eigenvalue weighted by molar-refractivity contribution is 5.92. The van der Waals surface area contributed by atoms with E-state index in [1.54, 1.807) is 27.9 Å². The number of benzene rings is 1. The first-order valence-corrected chi connectivity index (χ1v) is 9.12. The van der Waals surface area contributed by atoms with Gasteiger partial charge in [0.1, 0.15) is 0 Å². The van der Waals surface area contributed by atoms with Crippen LogP contribution in [-0.4, -0.2) is 49.9 Å². The Balaban J connectivity index is 1.73. The van der Waals surface area contributed by atoms with Crippen molar-refractivity contribution in [3.63, 3.8) is 0 Å². The summed E-state index contributed by atoms with van der Waals surface area (Å²) in [6.07, 6.45) is 3.66. The van der Waals surface area contributed by atoms with Crippen LogP contribution in [0.1, 0.15) is 48.8 Å². The molecule has 0 spiro atoms. The summed E-state index contributed by atoms with van der Waals surface area (Å²) in [5, 5.41) is 22.3. The van der Waals surface area contributed by atoms with Gasteiger partial charge in [-0.05, 0) is 45.3 Å². The molecule has 2 aromatic rings. The van der Waals surface area contributed by atoms with Crippen molar-refractivity contribution < 1.29 is 9.72 Å². The van der Waals surface area contributed by atoms with Crippen LogP contribution in [0.15, 0.2) is 30.5 Å². The third-order valence-corrected chi connectivity index (χ3v) is 4.80. The minimum atomic E-state index is -0.436. The van der Waals surface area contributed by atoms with Gasteiger partial charge in [0, 0.05) is 24.7 Å². The Kier molecular flexibility index (Phi) is 5.80. The zero-order valence-electron chi connectivity index (χ0n) is 15.5. The largest absolute Gasteiger partial charge is 0.330 e. The zero-order chi connectivity index (χ0) is 19.4. The van der Waals surface area contributed by atoms with E-state index in [2.05, 4.69) is 15.6 Å². The summed E-state index contributed by atoms with van der Waals surface area (Å²) in [6.45, 7) is 6.09. The highest BCUT2D eigenvalue weighted by Gasteiger charge is 2.24. The lowest BCUT2D eigenvalue weighted by Gasteiger charge is -2.26. The van der Waals surface area contributed by atoms with Gasteiger partial charge in [-0.2, -0.15) is 0 Å². The number of rotatable bonds is 6. The second kappa shape index (κ2) is 8.26. The minimum Gasteiger partial charge on any atom is -0.330 e. The third-order valence-electron chi connectivity index (χ3n) is 4.80. The molecule has 1 aliphatic rings. The van der Waals surface area contributed by atoms with E-state index in [1.165, 1.54) is 12.1 Å². The van der Waals surface area contributed by atoms with Crippen LogP contribution < -0.4 is 5.32 Å². The summed E-state index contributed by atoms with van der Waals surface area (Å²) >= 11 is 0. The van der Waals surface area contributed by atoms with E-state index in [1.807, 2.05) is 13.8 Å². The summed E-state index contributed by atoms with van der Waals surface area (Å²) < 4.78 is 1.79. The molecule has 9 nitrogen and oxygen atoms in total. The van der Waals surface area contributed by atoms with Crippen LogP contribution in [0.3, 0.4) is 0 Å². The first-order valence-electron chi connectivity index (χ1n) is 9.12. The van der Waals surface area contributed by atoms with Crippen molar-refractivity contribution in [2.24, 2.45) is 0 Å². The number of nitrogens with zero attached hydrogens (tertiary/aromatic N) is 5. The summed E-state index contributed by atoms with van der Waals surface area (Å²) in [5.41, 5.74) is 1.18. The number of nitro benzene ring substituents is 1. The molecule has 1 aromatic heterocycles. The van der Waals surface area contributed by atoms with Gasteiger partial charge in [0.05, 0.1) is 17.2 Å².